The van der Waals surface area contributed by atoms with Gasteiger partial charge in [-0.25, -0.2) is 9.59 Å². The third kappa shape index (κ3) is 3.98. The van der Waals surface area contributed by atoms with E-state index in [1.165, 1.54) is 12.1 Å². The van der Waals surface area contributed by atoms with Crippen molar-refractivity contribution in [2.24, 2.45) is 0 Å². The van der Waals surface area contributed by atoms with Crippen LogP contribution in [0.5, 0.6) is 17.2 Å². The normalized spacial score (nSPS) is 14.9. The van der Waals surface area contributed by atoms with Crippen LogP contribution in [0.25, 0.3) is 11.0 Å². The fraction of sp³-hybridized carbons (Fsp3) is 0.227. The van der Waals surface area contributed by atoms with Crippen molar-refractivity contribution in [3.63, 3.8) is 0 Å². The number of rotatable bonds is 5. The molecule has 30 heavy (non-hydrogen) atoms. The van der Waals surface area contributed by atoms with Gasteiger partial charge in [-0.2, -0.15) is 0 Å². The van der Waals surface area contributed by atoms with Crippen molar-refractivity contribution in [3.8, 4) is 17.2 Å². The highest BCUT2D eigenvalue weighted by atomic mass is 16.6. The number of ether oxygens (including phenoxy) is 3. The molecule has 0 fully saturated rings. The highest BCUT2D eigenvalue weighted by Crippen LogP contribution is 2.31. The van der Waals surface area contributed by atoms with Crippen molar-refractivity contribution in [2.75, 3.05) is 13.2 Å². The Kier molecular flexibility index (Phi) is 5.38. The molecule has 1 atom stereocenters. The molecule has 1 aromatic heterocycles. The molecular weight excluding hydrogens is 390 g/mol. The Morgan fingerprint density at radius 3 is 2.73 bits per heavy atom. The molecule has 0 radical (unpaired) electrons. The van der Waals surface area contributed by atoms with E-state index in [0.29, 0.717) is 23.4 Å². The van der Waals surface area contributed by atoms with Crippen LogP contribution in [0.2, 0.25) is 0 Å². The van der Waals surface area contributed by atoms with Crippen LogP contribution in [-0.4, -0.2) is 31.1 Å². The first-order valence-electron chi connectivity index (χ1n) is 9.51. The summed E-state index contributed by atoms with van der Waals surface area (Å²) >= 11 is 0. The number of nitrogens with one attached hydrogen (secondary N) is 1. The summed E-state index contributed by atoms with van der Waals surface area (Å²) < 4.78 is 21.8. The van der Waals surface area contributed by atoms with Gasteiger partial charge in [-0.1, -0.05) is 19.1 Å². The van der Waals surface area contributed by atoms with Gasteiger partial charge in [-0.3, -0.25) is 4.79 Å². The van der Waals surface area contributed by atoms with Gasteiger partial charge in [0.25, 0.3) is 5.91 Å². The van der Waals surface area contributed by atoms with Crippen LogP contribution in [0.1, 0.15) is 23.7 Å². The van der Waals surface area contributed by atoms with E-state index in [1.807, 2.05) is 13.0 Å². The van der Waals surface area contributed by atoms with Crippen molar-refractivity contribution >= 4 is 22.8 Å². The number of fused-ring (bicyclic) bond motifs is 2. The van der Waals surface area contributed by atoms with E-state index in [2.05, 4.69) is 5.32 Å². The molecule has 2 aromatic carbocycles. The highest BCUT2D eigenvalue weighted by Gasteiger charge is 2.29. The molecule has 0 spiro atoms. The Bertz CT molecular complexity index is 1170. The Labute approximate surface area is 171 Å². The molecular formula is C22H19NO7. The Morgan fingerprint density at radius 1 is 1.13 bits per heavy atom. The van der Waals surface area contributed by atoms with Crippen LogP contribution in [0.4, 0.5) is 0 Å². The van der Waals surface area contributed by atoms with Crippen LogP contribution in [0.3, 0.4) is 0 Å². The van der Waals surface area contributed by atoms with Gasteiger partial charge in [0, 0.05) is 18.0 Å². The van der Waals surface area contributed by atoms with E-state index in [4.69, 9.17) is 18.6 Å². The topological polar surface area (TPSA) is 104 Å². The maximum absolute atomic E-state index is 12.5. The van der Waals surface area contributed by atoms with E-state index in [1.54, 1.807) is 30.3 Å². The highest BCUT2D eigenvalue weighted by molar-refractivity contribution is 5.96. The Hall–Kier alpha value is -3.81. The van der Waals surface area contributed by atoms with E-state index >= 15 is 0 Å². The quantitative estimate of drug-likeness (QED) is 0.392. The third-order valence-corrected chi connectivity index (χ3v) is 4.48. The van der Waals surface area contributed by atoms with E-state index in [9.17, 15) is 14.4 Å². The molecule has 8 nitrogen and oxygen atoms in total. The lowest BCUT2D eigenvalue weighted by Crippen LogP contribution is -2.39. The maximum Gasteiger partial charge on any atom is 0.356 e. The molecule has 3 aromatic rings. The summed E-state index contributed by atoms with van der Waals surface area (Å²) in [6.07, 6.45) is -0.173. The number of esters is 1. The average Bonchev–Trinajstić information content (AvgIpc) is 2.76. The van der Waals surface area contributed by atoms with Crippen LogP contribution in [-0.2, 0) is 4.79 Å². The Balaban J connectivity index is 1.50. The van der Waals surface area contributed by atoms with Gasteiger partial charge in [-0.05, 0) is 36.8 Å². The molecule has 2 heterocycles. The van der Waals surface area contributed by atoms with E-state index in [0.717, 1.165) is 6.42 Å². The molecule has 1 aliphatic rings. The van der Waals surface area contributed by atoms with Crippen LogP contribution in [0.15, 0.2) is 57.7 Å². The summed E-state index contributed by atoms with van der Waals surface area (Å²) in [6, 6.07) is 13.1. The van der Waals surface area contributed by atoms with Crippen LogP contribution < -0.4 is 25.2 Å². The smallest absolute Gasteiger partial charge is 0.356 e. The number of benzene rings is 2. The first-order valence-corrected chi connectivity index (χ1v) is 9.51. The minimum atomic E-state index is -0.924. The fourth-order valence-electron chi connectivity index (χ4n) is 2.96. The third-order valence-electron chi connectivity index (χ3n) is 4.48. The SMILES string of the molecule is CCCNC(=O)c1cc2ccc(OC(=O)C3COc4ccccc4O3)cc2oc1=O. The molecule has 0 saturated heterocycles. The second-order valence-corrected chi connectivity index (χ2v) is 6.69. The van der Waals surface area contributed by atoms with E-state index in [-0.39, 0.29) is 23.5 Å². The molecule has 4 rings (SSSR count). The van der Waals surface area contributed by atoms with Gasteiger partial charge in [0.1, 0.15) is 23.5 Å². The summed E-state index contributed by atoms with van der Waals surface area (Å²) in [6.45, 7) is 2.40. The first kappa shape index (κ1) is 19.5. The molecule has 1 aliphatic heterocycles. The number of hydrogen-bond acceptors (Lipinski definition) is 7. The molecule has 154 valence electrons. The lowest BCUT2D eigenvalue weighted by atomic mass is 10.1. The zero-order valence-electron chi connectivity index (χ0n) is 16.2. The molecule has 8 heteroatoms. The predicted molar refractivity (Wildman–Crippen MR) is 107 cm³/mol. The van der Waals surface area contributed by atoms with Crippen molar-refractivity contribution in [2.45, 2.75) is 19.4 Å². The number of carbonyl (C=O) groups excluding carboxylic acids is 2. The molecule has 0 saturated carbocycles. The maximum atomic E-state index is 12.5. The minimum Gasteiger partial charge on any atom is -0.485 e. The van der Waals surface area contributed by atoms with Crippen molar-refractivity contribution < 1.29 is 28.2 Å². The molecule has 1 amide bonds. The summed E-state index contributed by atoms with van der Waals surface area (Å²) in [5.41, 5.74) is -0.643. The lowest BCUT2D eigenvalue weighted by molar-refractivity contribution is -0.144. The fourth-order valence-corrected chi connectivity index (χ4v) is 2.96. The number of para-hydroxylation sites is 2. The van der Waals surface area contributed by atoms with E-state index < -0.39 is 23.6 Å². The number of hydrogen-bond donors (Lipinski definition) is 1. The molecule has 1 unspecified atom stereocenters. The Morgan fingerprint density at radius 2 is 1.93 bits per heavy atom. The minimum absolute atomic E-state index is 0.0226. The lowest BCUT2D eigenvalue weighted by Gasteiger charge is -2.24. The molecule has 1 N–H and O–H groups in total. The zero-order chi connectivity index (χ0) is 21.1. The zero-order valence-corrected chi connectivity index (χ0v) is 16.2. The number of amides is 1. The van der Waals surface area contributed by atoms with Crippen molar-refractivity contribution in [3.05, 3.63) is 64.5 Å². The van der Waals surface area contributed by atoms with Crippen molar-refractivity contribution in [1.82, 2.24) is 5.32 Å². The van der Waals surface area contributed by atoms with Gasteiger partial charge >= 0.3 is 11.6 Å². The van der Waals surface area contributed by atoms with Crippen LogP contribution >= 0.6 is 0 Å². The van der Waals surface area contributed by atoms with Gasteiger partial charge in [0.2, 0.25) is 6.10 Å². The van der Waals surface area contributed by atoms with Gasteiger partial charge in [0.15, 0.2) is 11.5 Å². The number of carbonyl (C=O) groups is 2. The summed E-state index contributed by atoms with van der Waals surface area (Å²) in [4.78, 5) is 36.7. The molecule has 0 bridgehead atoms. The van der Waals surface area contributed by atoms with Gasteiger partial charge in [0.05, 0.1) is 0 Å². The van der Waals surface area contributed by atoms with Crippen LogP contribution in [0, 0.1) is 0 Å². The summed E-state index contributed by atoms with van der Waals surface area (Å²) in [5, 5.41) is 3.17. The standard InChI is InChI=1S/C22H19NO7/c1-2-9-23-20(24)15-10-13-7-8-14(11-18(13)30-21(15)25)28-22(26)19-12-27-16-5-3-4-6-17(16)29-19/h3-8,10-11,19H,2,9,12H2,1H3,(H,23,24). The van der Waals surface area contributed by atoms with Crippen molar-refractivity contribution in [1.29, 1.82) is 0 Å². The summed E-state index contributed by atoms with van der Waals surface area (Å²) in [5.74, 6) is 0.0812. The molecule has 0 aliphatic carbocycles. The monoisotopic (exact) mass is 409 g/mol. The second kappa shape index (κ2) is 8.28. The second-order valence-electron chi connectivity index (χ2n) is 6.69. The van der Waals surface area contributed by atoms with Gasteiger partial charge < -0.3 is 23.9 Å². The predicted octanol–water partition coefficient (Wildman–Crippen LogP) is 2.68. The average molecular weight is 409 g/mol. The largest absolute Gasteiger partial charge is 0.485 e. The first-order chi connectivity index (χ1) is 14.5. The van der Waals surface area contributed by atoms with Gasteiger partial charge in [-0.15, -0.1) is 0 Å². The summed E-state index contributed by atoms with van der Waals surface area (Å²) in [7, 11) is 0.